The summed E-state index contributed by atoms with van der Waals surface area (Å²) in [5, 5.41) is 2.73. The molecule has 0 saturated carbocycles. The Labute approximate surface area is 177 Å². The van der Waals surface area contributed by atoms with Gasteiger partial charge in [-0.3, -0.25) is 14.5 Å². The van der Waals surface area contributed by atoms with Crippen LogP contribution in [0.25, 0.3) is 0 Å². The molecule has 3 aliphatic heterocycles. The van der Waals surface area contributed by atoms with Gasteiger partial charge in [0.1, 0.15) is 5.54 Å². The lowest BCUT2D eigenvalue weighted by atomic mass is 9.79. The van der Waals surface area contributed by atoms with Crippen LogP contribution >= 0.6 is 11.8 Å². The van der Waals surface area contributed by atoms with E-state index >= 15 is 0 Å². The fourth-order valence-electron chi connectivity index (χ4n) is 5.20. The Morgan fingerprint density at radius 2 is 2.03 bits per heavy atom. The zero-order valence-corrected chi connectivity index (χ0v) is 17.2. The quantitative estimate of drug-likeness (QED) is 0.811. The van der Waals surface area contributed by atoms with E-state index in [1.54, 1.807) is 16.7 Å². The van der Waals surface area contributed by atoms with Gasteiger partial charge in [0, 0.05) is 47.2 Å². The number of rotatable bonds is 3. The maximum atomic E-state index is 13.8. The summed E-state index contributed by atoms with van der Waals surface area (Å²) in [7, 11) is 0. The number of thioether (sulfide) groups is 1. The molecule has 2 aromatic carbocycles. The first-order valence-corrected chi connectivity index (χ1v) is 11.2. The highest BCUT2D eigenvalue weighted by molar-refractivity contribution is 7.99. The minimum atomic E-state index is -1.07. The topological polar surface area (TPSA) is 52.7 Å². The van der Waals surface area contributed by atoms with Crippen molar-refractivity contribution >= 4 is 35.0 Å². The molecule has 3 atom stereocenters. The molecule has 0 unspecified atom stereocenters. The monoisotopic (exact) mass is 429 g/mol. The molecule has 3 aliphatic rings. The van der Waals surface area contributed by atoms with Crippen LogP contribution < -0.4 is 10.2 Å². The van der Waals surface area contributed by atoms with E-state index in [2.05, 4.69) is 10.2 Å². The maximum Gasteiger partial charge on any atom is 0.253 e. The van der Waals surface area contributed by atoms with Gasteiger partial charge in [0.05, 0.1) is 5.92 Å². The third kappa shape index (κ3) is 2.56. The molecule has 30 heavy (non-hydrogen) atoms. The lowest BCUT2D eigenvalue weighted by Gasteiger charge is -2.36. The Bertz CT molecular complexity index is 1050. The van der Waals surface area contributed by atoms with Crippen molar-refractivity contribution in [1.29, 1.82) is 0 Å². The highest BCUT2D eigenvalue weighted by Crippen LogP contribution is 2.57. The Hall–Kier alpha value is -2.45. The Balaban J connectivity index is 1.59. The number of nitrogens with one attached hydrogen (secondary N) is 1. The van der Waals surface area contributed by atoms with Crippen molar-refractivity contribution in [1.82, 2.24) is 4.90 Å². The van der Waals surface area contributed by atoms with Crippen molar-refractivity contribution in [3.05, 3.63) is 59.7 Å². The molecular weight excluding hydrogens is 408 g/mol. The molecule has 156 valence electrons. The molecule has 2 fully saturated rings. The smallest absolute Gasteiger partial charge is 0.253 e. The fraction of sp³-hybridized carbons (Fsp3) is 0.364. The first-order chi connectivity index (χ1) is 14.5. The van der Waals surface area contributed by atoms with E-state index in [1.165, 1.54) is 6.07 Å². The Kier molecular flexibility index (Phi) is 4.59. The molecule has 0 radical (unpaired) electrons. The molecule has 2 saturated heterocycles. The van der Waals surface area contributed by atoms with Crippen molar-refractivity contribution in [2.45, 2.75) is 24.9 Å². The Morgan fingerprint density at radius 3 is 2.80 bits per heavy atom. The van der Waals surface area contributed by atoms with E-state index in [0.29, 0.717) is 18.8 Å². The summed E-state index contributed by atoms with van der Waals surface area (Å²) in [6.45, 7) is 2.44. The molecule has 2 aromatic rings. The largest absolute Gasteiger partial charge is 0.326 e. The third-order valence-electron chi connectivity index (χ3n) is 6.44. The van der Waals surface area contributed by atoms with Gasteiger partial charge in [0.15, 0.2) is 11.6 Å². The van der Waals surface area contributed by atoms with E-state index in [4.69, 9.17) is 0 Å². The van der Waals surface area contributed by atoms with Crippen molar-refractivity contribution in [3.63, 3.8) is 0 Å². The van der Waals surface area contributed by atoms with Crippen LogP contribution in [0.3, 0.4) is 0 Å². The van der Waals surface area contributed by atoms with Gasteiger partial charge in [-0.05, 0) is 31.5 Å². The van der Waals surface area contributed by atoms with Crippen LogP contribution in [0.2, 0.25) is 0 Å². The second-order valence-electron chi connectivity index (χ2n) is 7.86. The standard InChI is InChI=1S/C22H21F2N3O2S/c1-2-26-19-6-4-3-5-15(19)22(21(26)29)16(10-14-11-30-12-27(14)22)20(28)25-13-7-8-17(23)18(24)9-13/h3-9,14,16H,2,10-12H2,1H3,(H,25,28)/t14-,16+,22-/m0/s1. The zero-order valence-electron chi connectivity index (χ0n) is 16.4. The van der Waals surface area contributed by atoms with Crippen LogP contribution in [0.15, 0.2) is 42.5 Å². The van der Waals surface area contributed by atoms with E-state index < -0.39 is 23.1 Å². The molecule has 1 N–H and O–H groups in total. The molecule has 0 aromatic heterocycles. The van der Waals surface area contributed by atoms with Gasteiger partial charge in [-0.1, -0.05) is 18.2 Å². The van der Waals surface area contributed by atoms with Gasteiger partial charge in [-0.2, -0.15) is 0 Å². The van der Waals surface area contributed by atoms with Gasteiger partial charge >= 0.3 is 0 Å². The molecule has 1 spiro atoms. The van der Waals surface area contributed by atoms with E-state index in [1.807, 2.05) is 31.2 Å². The number of hydrogen-bond acceptors (Lipinski definition) is 4. The van der Waals surface area contributed by atoms with Crippen LogP contribution in [-0.4, -0.2) is 40.9 Å². The number of para-hydroxylation sites is 1. The number of carbonyl (C=O) groups is 2. The molecule has 8 heteroatoms. The molecule has 5 rings (SSSR count). The number of halogens is 2. The minimum absolute atomic E-state index is 0.0818. The second-order valence-corrected chi connectivity index (χ2v) is 8.86. The number of likely N-dealkylation sites (N-methyl/N-ethyl adjacent to an activating group) is 1. The van der Waals surface area contributed by atoms with Crippen LogP contribution in [-0.2, 0) is 15.1 Å². The van der Waals surface area contributed by atoms with Crippen LogP contribution in [0.1, 0.15) is 18.9 Å². The third-order valence-corrected chi connectivity index (χ3v) is 7.52. The molecule has 2 amide bonds. The summed E-state index contributed by atoms with van der Waals surface area (Å²) in [6.07, 6.45) is 0.542. The van der Waals surface area contributed by atoms with Gasteiger partial charge < -0.3 is 10.2 Å². The van der Waals surface area contributed by atoms with Gasteiger partial charge in [0.2, 0.25) is 5.91 Å². The van der Waals surface area contributed by atoms with Crippen LogP contribution in [0.5, 0.6) is 0 Å². The minimum Gasteiger partial charge on any atom is -0.326 e. The number of hydrogen-bond donors (Lipinski definition) is 1. The number of anilines is 2. The van der Waals surface area contributed by atoms with E-state index in [9.17, 15) is 18.4 Å². The number of carbonyl (C=O) groups excluding carboxylic acids is 2. The van der Waals surface area contributed by atoms with Crippen molar-refractivity contribution in [2.24, 2.45) is 5.92 Å². The van der Waals surface area contributed by atoms with E-state index in [-0.39, 0.29) is 23.5 Å². The number of nitrogens with zero attached hydrogens (tertiary/aromatic N) is 2. The van der Waals surface area contributed by atoms with Gasteiger partial charge in [0.25, 0.3) is 5.91 Å². The second kappa shape index (κ2) is 7.06. The van der Waals surface area contributed by atoms with Crippen LogP contribution in [0, 0.1) is 17.6 Å². The fourth-order valence-corrected chi connectivity index (χ4v) is 6.50. The zero-order chi connectivity index (χ0) is 21.0. The Morgan fingerprint density at radius 1 is 1.23 bits per heavy atom. The first kappa shape index (κ1) is 19.5. The number of fused-ring (bicyclic) bond motifs is 4. The van der Waals surface area contributed by atoms with Crippen molar-refractivity contribution < 1.29 is 18.4 Å². The summed E-state index contributed by atoms with van der Waals surface area (Å²) in [5.41, 5.74) is 0.811. The van der Waals surface area contributed by atoms with E-state index in [0.717, 1.165) is 29.1 Å². The lowest BCUT2D eigenvalue weighted by molar-refractivity contribution is -0.136. The highest BCUT2D eigenvalue weighted by Gasteiger charge is 2.67. The van der Waals surface area contributed by atoms with Crippen molar-refractivity contribution in [3.8, 4) is 0 Å². The first-order valence-electron chi connectivity index (χ1n) is 10.00. The normalized spacial score (nSPS) is 27.6. The molecule has 3 heterocycles. The predicted molar refractivity (Wildman–Crippen MR) is 112 cm³/mol. The summed E-state index contributed by atoms with van der Waals surface area (Å²) in [6, 6.07) is 11.1. The molecule has 5 nitrogen and oxygen atoms in total. The molecule has 0 aliphatic carbocycles. The molecular formula is C22H21F2N3O2S. The lowest BCUT2D eigenvalue weighted by Crippen LogP contribution is -2.55. The number of benzene rings is 2. The number of amides is 2. The summed E-state index contributed by atoms with van der Waals surface area (Å²) < 4.78 is 26.9. The average Bonchev–Trinajstić information content (AvgIpc) is 3.38. The molecule has 0 bridgehead atoms. The SMILES string of the molecule is CCN1C(=O)[C@]2(c3ccccc31)[C@@H](C(=O)Nc1ccc(F)c(F)c1)C[C@H]1CSCN12. The van der Waals surface area contributed by atoms with Gasteiger partial charge in [-0.15, -0.1) is 11.8 Å². The summed E-state index contributed by atoms with van der Waals surface area (Å²) in [4.78, 5) is 31.2. The van der Waals surface area contributed by atoms with Crippen LogP contribution in [0.4, 0.5) is 20.2 Å². The highest BCUT2D eigenvalue weighted by atomic mass is 32.2. The summed E-state index contributed by atoms with van der Waals surface area (Å²) in [5.74, 6) is -1.51. The summed E-state index contributed by atoms with van der Waals surface area (Å²) >= 11 is 1.77. The maximum absolute atomic E-state index is 13.8. The average molecular weight is 429 g/mol. The van der Waals surface area contributed by atoms with Crippen molar-refractivity contribution in [2.75, 3.05) is 28.4 Å². The van der Waals surface area contributed by atoms with Gasteiger partial charge in [-0.25, -0.2) is 8.78 Å². The predicted octanol–water partition coefficient (Wildman–Crippen LogP) is 3.56.